The average molecular weight is 419 g/mol. The Morgan fingerprint density at radius 1 is 1.03 bits per heavy atom. The van der Waals surface area contributed by atoms with Gasteiger partial charge in [0.05, 0.1) is 23.7 Å². The highest BCUT2D eigenvalue weighted by atomic mass is 16.5. The highest BCUT2D eigenvalue weighted by Crippen LogP contribution is 2.18. The smallest absolute Gasteiger partial charge is 0.145 e. The normalized spacial score (nSPS) is 16.1. The van der Waals surface area contributed by atoms with E-state index in [2.05, 4.69) is 25.8 Å². The van der Waals surface area contributed by atoms with E-state index in [4.69, 9.17) is 15.7 Å². The van der Waals surface area contributed by atoms with Crippen LogP contribution in [0, 0.1) is 11.3 Å². The SMILES string of the molecule is N#Cc1ccc(OC[C@H](O)CN2CCN(Cc3nc(N)c4ccccc4n3)CC2)cc1. The lowest BCUT2D eigenvalue weighted by Crippen LogP contribution is -2.49. The summed E-state index contributed by atoms with van der Waals surface area (Å²) in [6, 6.07) is 16.7. The van der Waals surface area contributed by atoms with Crippen LogP contribution in [0.1, 0.15) is 11.4 Å². The van der Waals surface area contributed by atoms with E-state index >= 15 is 0 Å². The largest absolute Gasteiger partial charge is 0.491 e. The van der Waals surface area contributed by atoms with Gasteiger partial charge in [0.2, 0.25) is 0 Å². The van der Waals surface area contributed by atoms with Crippen LogP contribution < -0.4 is 10.5 Å². The van der Waals surface area contributed by atoms with Crippen molar-refractivity contribution in [2.45, 2.75) is 12.6 Å². The molecule has 8 nitrogen and oxygen atoms in total. The molecule has 3 N–H and O–H groups in total. The molecule has 1 aliphatic heterocycles. The summed E-state index contributed by atoms with van der Waals surface area (Å²) in [6.45, 7) is 4.90. The van der Waals surface area contributed by atoms with Crippen LogP contribution in [0.5, 0.6) is 5.75 Å². The number of nitrogens with zero attached hydrogens (tertiary/aromatic N) is 5. The fourth-order valence-electron chi connectivity index (χ4n) is 3.72. The summed E-state index contributed by atoms with van der Waals surface area (Å²) in [6.07, 6.45) is -0.578. The summed E-state index contributed by atoms with van der Waals surface area (Å²) in [5.74, 6) is 1.91. The molecule has 0 amide bonds. The zero-order valence-corrected chi connectivity index (χ0v) is 17.3. The van der Waals surface area contributed by atoms with Crippen molar-refractivity contribution >= 4 is 16.7 Å². The van der Waals surface area contributed by atoms with Crippen LogP contribution >= 0.6 is 0 Å². The Hall–Kier alpha value is -3.25. The van der Waals surface area contributed by atoms with Gasteiger partial charge in [-0.05, 0) is 36.4 Å². The number of piperazine rings is 1. The summed E-state index contributed by atoms with van der Waals surface area (Å²) in [7, 11) is 0. The maximum absolute atomic E-state index is 10.3. The van der Waals surface area contributed by atoms with Crippen molar-refractivity contribution in [1.82, 2.24) is 19.8 Å². The van der Waals surface area contributed by atoms with Crippen LogP contribution in [0.2, 0.25) is 0 Å². The van der Waals surface area contributed by atoms with E-state index in [9.17, 15) is 5.11 Å². The minimum Gasteiger partial charge on any atom is -0.491 e. The van der Waals surface area contributed by atoms with E-state index in [0.29, 0.717) is 30.2 Å². The summed E-state index contributed by atoms with van der Waals surface area (Å²) >= 11 is 0. The molecule has 31 heavy (non-hydrogen) atoms. The van der Waals surface area contributed by atoms with E-state index in [0.717, 1.165) is 42.9 Å². The Bertz CT molecular complexity index is 1060. The fourth-order valence-corrected chi connectivity index (χ4v) is 3.72. The van der Waals surface area contributed by atoms with Gasteiger partial charge in [0.25, 0.3) is 0 Å². The molecule has 4 rings (SSSR count). The van der Waals surface area contributed by atoms with Crippen LogP contribution in [0.25, 0.3) is 10.9 Å². The maximum atomic E-state index is 10.3. The van der Waals surface area contributed by atoms with E-state index in [1.807, 2.05) is 24.3 Å². The highest BCUT2D eigenvalue weighted by molar-refractivity contribution is 5.87. The van der Waals surface area contributed by atoms with Gasteiger partial charge in [-0.1, -0.05) is 12.1 Å². The molecule has 1 saturated heterocycles. The molecule has 1 aliphatic rings. The third-order valence-electron chi connectivity index (χ3n) is 5.40. The quantitative estimate of drug-likeness (QED) is 0.596. The number of aliphatic hydroxyl groups excluding tert-OH is 1. The Morgan fingerprint density at radius 2 is 1.74 bits per heavy atom. The molecule has 2 aromatic carbocycles. The standard InChI is InChI=1S/C23H26N6O2/c24-13-17-5-7-19(8-6-17)31-16-18(30)14-28-9-11-29(12-10-28)15-22-26-21-4-2-1-3-20(21)23(25)27-22/h1-8,18,30H,9-12,14-16H2,(H2,25,26,27)/t18-/m1/s1. The Kier molecular flexibility index (Phi) is 6.57. The number of aliphatic hydroxyl groups is 1. The fraction of sp³-hybridized carbons (Fsp3) is 0.348. The average Bonchev–Trinajstić information content (AvgIpc) is 2.79. The lowest BCUT2D eigenvalue weighted by molar-refractivity contribution is 0.0442. The van der Waals surface area contributed by atoms with E-state index in [1.165, 1.54) is 0 Å². The van der Waals surface area contributed by atoms with Crippen LogP contribution in [-0.2, 0) is 6.54 Å². The number of nitriles is 1. The molecule has 0 radical (unpaired) electrons. The van der Waals surface area contributed by atoms with Gasteiger partial charge < -0.3 is 15.6 Å². The molecule has 2 heterocycles. The Labute approximate surface area is 181 Å². The number of hydrogen-bond donors (Lipinski definition) is 2. The molecule has 1 aromatic heterocycles. The van der Waals surface area contributed by atoms with Crippen LogP contribution in [-0.4, -0.2) is 70.3 Å². The Morgan fingerprint density at radius 3 is 2.48 bits per heavy atom. The number of β-amino-alcohol motifs (C(OH)–C–C–N with tert-alkyl or cyclic N) is 1. The van der Waals surface area contributed by atoms with Gasteiger partial charge in [-0.3, -0.25) is 9.80 Å². The molecular weight excluding hydrogens is 392 g/mol. The topological polar surface area (TPSA) is 112 Å². The van der Waals surface area contributed by atoms with Crippen LogP contribution in [0.3, 0.4) is 0 Å². The van der Waals surface area contributed by atoms with Gasteiger partial charge in [-0.15, -0.1) is 0 Å². The first kappa shape index (κ1) is 21.0. The number of benzene rings is 2. The second-order valence-electron chi connectivity index (χ2n) is 7.72. The van der Waals surface area contributed by atoms with Crippen molar-refractivity contribution in [2.75, 3.05) is 45.1 Å². The molecule has 160 valence electrons. The molecular formula is C23H26N6O2. The molecule has 3 aromatic rings. The number of rotatable bonds is 7. The van der Waals surface area contributed by atoms with Crippen LogP contribution in [0.4, 0.5) is 5.82 Å². The van der Waals surface area contributed by atoms with Crippen molar-refractivity contribution in [3.8, 4) is 11.8 Å². The number of nitrogens with two attached hydrogens (primary N) is 1. The van der Waals surface area contributed by atoms with Gasteiger partial charge in [0.1, 0.15) is 30.1 Å². The van der Waals surface area contributed by atoms with Gasteiger partial charge in [0, 0.05) is 38.1 Å². The first-order chi connectivity index (χ1) is 15.1. The number of aromatic nitrogens is 2. The zero-order chi connectivity index (χ0) is 21.6. The highest BCUT2D eigenvalue weighted by Gasteiger charge is 2.20. The van der Waals surface area contributed by atoms with Crippen molar-refractivity contribution in [3.63, 3.8) is 0 Å². The molecule has 0 unspecified atom stereocenters. The number of para-hydroxylation sites is 1. The molecule has 1 atom stereocenters. The number of ether oxygens (including phenoxy) is 1. The van der Waals surface area contributed by atoms with Crippen molar-refractivity contribution in [2.24, 2.45) is 0 Å². The van der Waals surface area contributed by atoms with Crippen LogP contribution in [0.15, 0.2) is 48.5 Å². The van der Waals surface area contributed by atoms with Crippen molar-refractivity contribution < 1.29 is 9.84 Å². The van der Waals surface area contributed by atoms with E-state index < -0.39 is 6.10 Å². The predicted molar refractivity (Wildman–Crippen MR) is 118 cm³/mol. The molecule has 0 spiro atoms. The predicted octanol–water partition coefficient (Wildman–Crippen LogP) is 1.64. The van der Waals surface area contributed by atoms with Gasteiger partial charge in [-0.25, -0.2) is 9.97 Å². The van der Waals surface area contributed by atoms with E-state index in [1.54, 1.807) is 24.3 Å². The maximum Gasteiger partial charge on any atom is 0.145 e. The second kappa shape index (κ2) is 9.71. The van der Waals surface area contributed by atoms with Gasteiger partial charge >= 0.3 is 0 Å². The lowest BCUT2D eigenvalue weighted by Gasteiger charge is -2.35. The molecule has 0 saturated carbocycles. The molecule has 8 heteroatoms. The second-order valence-corrected chi connectivity index (χ2v) is 7.72. The molecule has 1 fully saturated rings. The third kappa shape index (κ3) is 5.47. The minimum atomic E-state index is -0.578. The lowest BCUT2D eigenvalue weighted by atomic mass is 10.2. The monoisotopic (exact) mass is 418 g/mol. The number of anilines is 1. The van der Waals surface area contributed by atoms with E-state index in [-0.39, 0.29) is 6.61 Å². The summed E-state index contributed by atoms with van der Waals surface area (Å²) in [5.41, 5.74) is 7.55. The minimum absolute atomic E-state index is 0.219. The Balaban J connectivity index is 1.22. The third-order valence-corrected chi connectivity index (χ3v) is 5.40. The van der Waals surface area contributed by atoms with Crippen molar-refractivity contribution in [1.29, 1.82) is 5.26 Å². The summed E-state index contributed by atoms with van der Waals surface area (Å²) in [5, 5.41) is 20.0. The first-order valence-electron chi connectivity index (χ1n) is 10.4. The zero-order valence-electron chi connectivity index (χ0n) is 17.3. The van der Waals surface area contributed by atoms with Gasteiger partial charge in [-0.2, -0.15) is 5.26 Å². The summed E-state index contributed by atoms with van der Waals surface area (Å²) < 4.78 is 5.63. The van der Waals surface area contributed by atoms with Crippen molar-refractivity contribution in [3.05, 3.63) is 59.9 Å². The van der Waals surface area contributed by atoms with Gasteiger partial charge in [0.15, 0.2) is 0 Å². The molecule has 0 aliphatic carbocycles. The number of hydrogen-bond acceptors (Lipinski definition) is 8. The summed E-state index contributed by atoms with van der Waals surface area (Å²) in [4.78, 5) is 13.6. The number of nitrogen functional groups attached to an aromatic ring is 1. The number of fused-ring (bicyclic) bond motifs is 1. The first-order valence-corrected chi connectivity index (χ1v) is 10.4. The molecule has 0 bridgehead atoms.